The molecule has 1 saturated heterocycles. The maximum Gasteiger partial charge on any atom is 0.327 e. The smallest absolute Gasteiger partial charge is 0.327 e. The molecular formula is C12H14N5O6P. The Morgan fingerprint density at radius 3 is 2.88 bits per heavy atom. The first-order chi connectivity index (χ1) is 11.2. The van der Waals surface area contributed by atoms with E-state index in [1.807, 2.05) is 0 Å². The lowest BCUT2D eigenvalue weighted by atomic mass is 9.93. The van der Waals surface area contributed by atoms with Crippen molar-refractivity contribution < 1.29 is 28.9 Å². The maximum absolute atomic E-state index is 11.4. The van der Waals surface area contributed by atoms with Crippen LogP contribution in [0.5, 0.6) is 0 Å². The van der Waals surface area contributed by atoms with Gasteiger partial charge in [0.05, 0.1) is 5.69 Å². The molecule has 0 radical (unpaired) electrons. The minimum atomic E-state index is -4.04. The van der Waals surface area contributed by atoms with E-state index < -0.39 is 31.7 Å². The Labute approximate surface area is 135 Å². The summed E-state index contributed by atoms with van der Waals surface area (Å²) in [6.07, 6.45) is -4.01. The first-order valence-corrected chi connectivity index (χ1v) is 8.74. The number of nitriles is 1. The highest BCUT2D eigenvalue weighted by atomic mass is 31.2. The van der Waals surface area contributed by atoms with Gasteiger partial charge in [0, 0.05) is 6.66 Å². The fourth-order valence-electron chi connectivity index (χ4n) is 2.58. The fourth-order valence-corrected chi connectivity index (χ4v) is 3.14. The first-order valence-electron chi connectivity index (χ1n) is 6.72. The quantitative estimate of drug-likeness (QED) is 0.496. The molecule has 1 aliphatic heterocycles. The van der Waals surface area contributed by atoms with Crippen LogP contribution in [0.3, 0.4) is 0 Å². The van der Waals surface area contributed by atoms with E-state index in [-0.39, 0.29) is 11.5 Å². The molecule has 3 heterocycles. The lowest BCUT2D eigenvalue weighted by Crippen LogP contribution is -2.40. The Balaban J connectivity index is 2.11. The number of hydrogen-bond donors (Lipinski definition) is 4. The Morgan fingerprint density at radius 1 is 1.54 bits per heavy atom. The van der Waals surface area contributed by atoms with E-state index in [9.17, 15) is 24.9 Å². The zero-order valence-electron chi connectivity index (χ0n) is 12.3. The number of aliphatic hydroxyl groups is 2. The SMILES string of the molecule is CP(=O)(O)O[C@H]1O[C@@](C#N)(c2ccc3c(N)ncnn23)[C@H](O)[C@@H]1O. The lowest BCUT2D eigenvalue weighted by Gasteiger charge is -2.23. The van der Waals surface area contributed by atoms with Gasteiger partial charge in [0.2, 0.25) is 5.60 Å². The van der Waals surface area contributed by atoms with E-state index >= 15 is 0 Å². The molecule has 128 valence electrons. The largest absolute Gasteiger partial charge is 0.386 e. The molecule has 5 atom stereocenters. The van der Waals surface area contributed by atoms with Crippen LogP contribution in [-0.4, -0.2) is 54.9 Å². The van der Waals surface area contributed by atoms with Gasteiger partial charge >= 0.3 is 7.60 Å². The Bertz CT molecular complexity index is 874. The zero-order chi connectivity index (χ0) is 17.7. The normalized spacial score (nSPS) is 32.5. The van der Waals surface area contributed by atoms with Crippen LogP contribution in [0.15, 0.2) is 18.5 Å². The summed E-state index contributed by atoms with van der Waals surface area (Å²) in [6, 6.07) is 4.72. The van der Waals surface area contributed by atoms with E-state index in [0.717, 1.165) is 13.0 Å². The van der Waals surface area contributed by atoms with E-state index in [1.165, 1.54) is 16.6 Å². The number of aromatic nitrogens is 3. The van der Waals surface area contributed by atoms with Crippen LogP contribution in [0.1, 0.15) is 5.69 Å². The van der Waals surface area contributed by atoms with Gasteiger partial charge in [0.25, 0.3) is 0 Å². The van der Waals surface area contributed by atoms with Crippen molar-refractivity contribution in [3.63, 3.8) is 0 Å². The summed E-state index contributed by atoms with van der Waals surface area (Å²) >= 11 is 0. The highest BCUT2D eigenvalue weighted by Gasteiger charge is 2.59. The summed E-state index contributed by atoms with van der Waals surface area (Å²) in [5.41, 5.74) is 4.07. The molecule has 11 nitrogen and oxygen atoms in total. The van der Waals surface area contributed by atoms with Gasteiger partial charge in [-0.2, -0.15) is 10.4 Å². The van der Waals surface area contributed by atoms with Crippen molar-refractivity contribution in [2.75, 3.05) is 12.4 Å². The van der Waals surface area contributed by atoms with Gasteiger partial charge in [0.1, 0.15) is 30.1 Å². The Morgan fingerprint density at radius 2 is 2.25 bits per heavy atom. The van der Waals surface area contributed by atoms with Gasteiger partial charge in [0.15, 0.2) is 12.1 Å². The summed E-state index contributed by atoms with van der Waals surface area (Å²) in [5.74, 6) is 0.138. The van der Waals surface area contributed by atoms with Crippen LogP contribution in [0.4, 0.5) is 5.82 Å². The number of hydrogen-bond acceptors (Lipinski definition) is 9. The van der Waals surface area contributed by atoms with Crippen molar-refractivity contribution in [2.24, 2.45) is 0 Å². The summed E-state index contributed by atoms with van der Waals surface area (Å²) in [5, 5.41) is 34.0. The molecule has 2 aromatic rings. The molecule has 3 rings (SSSR count). The molecule has 0 spiro atoms. The zero-order valence-corrected chi connectivity index (χ0v) is 13.2. The van der Waals surface area contributed by atoms with Gasteiger partial charge in [-0.3, -0.25) is 9.09 Å². The number of rotatable bonds is 3. The predicted molar refractivity (Wildman–Crippen MR) is 78.4 cm³/mol. The molecule has 5 N–H and O–H groups in total. The van der Waals surface area contributed by atoms with E-state index in [0.29, 0.717) is 5.52 Å². The molecule has 1 unspecified atom stereocenters. The number of nitrogens with zero attached hydrogens (tertiary/aromatic N) is 4. The molecular weight excluding hydrogens is 341 g/mol. The second kappa shape index (κ2) is 5.49. The molecule has 12 heteroatoms. The van der Waals surface area contributed by atoms with Crippen molar-refractivity contribution in [1.82, 2.24) is 14.6 Å². The molecule has 0 aliphatic carbocycles. The molecule has 24 heavy (non-hydrogen) atoms. The monoisotopic (exact) mass is 355 g/mol. The molecule has 2 aromatic heterocycles. The Hall–Kier alpha value is -2.06. The number of ether oxygens (including phenoxy) is 1. The summed E-state index contributed by atoms with van der Waals surface area (Å²) in [6.45, 7) is 0.891. The average molecular weight is 355 g/mol. The van der Waals surface area contributed by atoms with Gasteiger partial charge in [-0.1, -0.05) is 0 Å². The van der Waals surface area contributed by atoms with Gasteiger partial charge in [-0.15, -0.1) is 0 Å². The predicted octanol–water partition coefficient (Wildman–Crippen LogP) is -1.06. The highest BCUT2D eigenvalue weighted by molar-refractivity contribution is 7.51. The minimum absolute atomic E-state index is 0.0654. The average Bonchev–Trinajstić information content (AvgIpc) is 3.03. The topological polar surface area (TPSA) is 176 Å². The van der Waals surface area contributed by atoms with Crippen molar-refractivity contribution in [1.29, 1.82) is 5.26 Å². The molecule has 0 aromatic carbocycles. The van der Waals surface area contributed by atoms with Crippen LogP contribution >= 0.6 is 7.60 Å². The van der Waals surface area contributed by atoms with Crippen molar-refractivity contribution in [3.05, 3.63) is 24.2 Å². The van der Waals surface area contributed by atoms with Crippen LogP contribution in [0.2, 0.25) is 0 Å². The van der Waals surface area contributed by atoms with Crippen molar-refractivity contribution in [3.8, 4) is 6.07 Å². The van der Waals surface area contributed by atoms with Crippen LogP contribution in [0.25, 0.3) is 5.52 Å². The summed E-state index contributed by atoms with van der Waals surface area (Å²) in [7, 11) is -4.04. The Kier molecular flexibility index (Phi) is 3.84. The van der Waals surface area contributed by atoms with Crippen molar-refractivity contribution >= 4 is 18.9 Å². The number of nitrogens with two attached hydrogens (primary N) is 1. The fraction of sp³-hybridized carbons (Fsp3) is 0.417. The summed E-state index contributed by atoms with van der Waals surface area (Å²) in [4.78, 5) is 13.1. The molecule has 1 fully saturated rings. The maximum atomic E-state index is 11.4. The van der Waals surface area contributed by atoms with E-state index in [4.69, 9.17) is 15.0 Å². The molecule has 0 bridgehead atoms. The minimum Gasteiger partial charge on any atom is -0.386 e. The van der Waals surface area contributed by atoms with E-state index in [2.05, 4.69) is 10.1 Å². The van der Waals surface area contributed by atoms with Gasteiger partial charge in [-0.05, 0) is 12.1 Å². The molecule has 1 aliphatic rings. The third-order valence-electron chi connectivity index (χ3n) is 3.65. The van der Waals surface area contributed by atoms with Gasteiger partial charge in [-0.25, -0.2) is 9.50 Å². The van der Waals surface area contributed by atoms with Crippen LogP contribution < -0.4 is 5.73 Å². The molecule has 0 saturated carbocycles. The lowest BCUT2D eigenvalue weighted by molar-refractivity contribution is -0.135. The third kappa shape index (κ3) is 2.46. The van der Waals surface area contributed by atoms with Crippen molar-refractivity contribution in [2.45, 2.75) is 24.1 Å². The standard InChI is InChI=1S/C12H14N5O6P/c1-24(20,21)23-11-8(18)9(19)12(4-13,22-11)7-3-2-6-10(14)15-5-16-17(6)7/h2-3,5,8-9,11,18-19H,1H3,(H,20,21)(H2,14,15,16)/t8-,9+,11+,12-/m0/s1. The number of aliphatic hydroxyl groups excluding tert-OH is 2. The second-order valence-electron chi connectivity index (χ2n) is 5.34. The number of fused-ring (bicyclic) bond motifs is 1. The highest BCUT2D eigenvalue weighted by Crippen LogP contribution is 2.47. The second-order valence-corrected chi connectivity index (χ2v) is 7.16. The third-order valence-corrected chi connectivity index (χ3v) is 4.25. The first kappa shape index (κ1) is 16.8. The number of anilines is 1. The molecule has 0 amide bonds. The van der Waals surface area contributed by atoms with Gasteiger partial charge < -0.3 is 25.6 Å². The summed E-state index contributed by atoms with van der Waals surface area (Å²) < 4.78 is 22.7. The van der Waals surface area contributed by atoms with E-state index in [1.54, 1.807) is 6.07 Å². The van der Waals surface area contributed by atoms with Crippen LogP contribution in [-0.2, 0) is 19.4 Å². The number of nitrogen functional groups attached to an aromatic ring is 1. The van der Waals surface area contributed by atoms with Crippen LogP contribution in [0, 0.1) is 11.3 Å².